The van der Waals surface area contributed by atoms with Crippen LogP contribution in [0, 0.1) is 0 Å². The number of amides is 4. The van der Waals surface area contributed by atoms with Gasteiger partial charge in [0.15, 0.2) is 17.4 Å². The maximum atomic E-state index is 13.8. The van der Waals surface area contributed by atoms with Crippen molar-refractivity contribution in [2.75, 3.05) is 0 Å². The Bertz CT molecular complexity index is 1890. The second-order valence-corrected chi connectivity index (χ2v) is 10.6. The van der Waals surface area contributed by atoms with Crippen LogP contribution >= 0.6 is 11.6 Å². The minimum absolute atomic E-state index is 0.135. The number of nitrogens with zero attached hydrogens (tertiary/aromatic N) is 5. The second kappa shape index (κ2) is 10.5. The number of rotatable bonds is 7. The number of halogens is 1. The Morgan fingerprint density at radius 2 is 1.02 bits per heavy atom. The standard InChI is InChI=1S/C33H20ClN5O5/c34-20-14-15-26(25(16-20)29(40)19-8-2-1-3-9-19)39-27(17-37-30(41)21-10-4-5-11-22(21)31(37)42)35-36-28(39)18-38-32(43)23-12-6-7-13-24(23)33(38)44/h1-16H,17-18H2. The maximum Gasteiger partial charge on any atom is 0.261 e. The lowest BCUT2D eigenvalue weighted by molar-refractivity contribution is 0.0626. The second-order valence-electron chi connectivity index (χ2n) is 10.2. The third-order valence-corrected chi connectivity index (χ3v) is 7.87. The molecule has 1 aromatic heterocycles. The van der Waals surface area contributed by atoms with Crippen LogP contribution in [-0.4, -0.2) is 54.0 Å². The molecule has 7 rings (SSSR count). The number of fused-ring (bicyclic) bond motifs is 2. The van der Waals surface area contributed by atoms with Gasteiger partial charge >= 0.3 is 0 Å². The Morgan fingerprint density at radius 1 is 0.591 bits per heavy atom. The Kier molecular flexibility index (Phi) is 6.48. The molecule has 0 saturated carbocycles. The summed E-state index contributed by atoms with van der Waals surface area (Å²) in [7, 11) is 0. The van der Waals surface area contributed by atoms with Crippen molar-refractivity contribution in [1.82, 2.24) is 24.6 Å². The van der Waals surface area contributed by atoms with Gasteiger partial charge in [-0.3, -0.25) is 38.3 Å². The molecule has 0 aliphatic carbocycles. The van der Waals surface area contributed by atoms with Crippen molar-refractivity contribution in [1.29, 1.82) is 0 Å². The molecule has 0 radical (unpaired) electrons. The smallest absolute Gasteiger partial charge is 0.261 e. The number of benzene rings is 4. The molecular weight excluding hydrogens is 582 g/mol. The highest BCUT2D eigenvalue weighted by Crippen LogP contribution is 2.30. The first kappa shape index (κ1) is 27.1. The lowest BCUT2D eigenvalue weighted by Gasteiger charge is -2.19. The van der Waals surface area contributed by atoms with Gasteiger partial charge in [0.1, 0.15) is 0 Å². The third-order valence-electron chi connectivity index (χ3n) is 7.63. The maximum absolute atomic E-state index is 13.8. The van der Waals surface area contributed by atoms with Gasteiger partial charge < -0.3 is 0 Å². The van der Waals surface area contributed by atoms with E-state index >= 15 is 0 Å². The normalized spacial score (nSPS) is 13.9. The molecule has 0 bridgehead atoms. The molecule has 4 amide bonds. The summed E-state index contributed by atoms with van der Waals surface area (Å²) in [6.07, 6.45) is 0. The van der Waals surface area contributed by atoms with Crippen molar-refractivity contribution < 1.29 is 24.0 Å². The van der Waals surface area contributed by atoms with E-state index in [-0.39, 0.29) is 58.3 Å². The van der Waals surface area contributed by atoms with Crippen molar-refractivity contribution in [3.8, 4) is 5.69 Å². The number of imide groups is 2. The topological polar surface area (TPSA) is 123 Å². The first-order valence-corrected chi connectivity index (χ1v) is 13.9. The van der Waals surface area contributed by atoms with Crippen LogP contribution < -0.4 is 0 Å². The highest BCUT2D eigenvalue weighted by atomic mass is 35.5. The summed E-state index contributed by atoms with van der Waals surface area (Å²) in [6.45, 7) is -0.577. The zero-order valence-corrected chi connectivity index (χ0v) is 23.6. The third kappa shape index (κ3) is 4.31. The van der Waals surface area contributed by atoms with Crippen LogP contribution in [0.2, 0.25) is 5.02 Å². The van der Waals surface area contributed by atoms with Gasteiger partial charge in [-0.15, -0.1) is 10.2 Å². The molecule has 44 heavy (non-hydrogen) atoms. The highest BCUT2D eigenvalue weighted by molar-refractivity contribution is 6.31. The molecule has 2 aliphatic heterocycles. The predicted octanol–water partition coefficient (Wildman–Crippen LogP) is 4.74. The van der Waals surface area contributed by atoms with Gasteiger partial charge in [0.25, 0.3) is 23.6 Å². The van der Waals surface area contributed by atoms with E-state index in [1.807, 2.05) is 0 Å². The van der Waals surface area contributed by atoms with Crippen LogP contribution in [0.5, 0.6) is 0 Å². The summed E-state index contributed by atoms with van der Waals surface area (Å²) in [5.74, 6) is -2.09. The number of carbonyl (C=O) groups is 5. The van der Waals surface area contributed by atoms with Gasteiger partial charge in [0.05, 0.1) is 41.0 Å². The summed E-state index contributed by atoms with van der Waals surface area (Å²) >= 11 is 6.36. The lowest BCUT2D eigenvalue weighted by atomic mass is 10.0. The van der Waals surface area contributed by atoms with E-state index in [1.54, 1.807) is 91.0 Å². The Balaban J connectivity index is 1.35. The fourth-order valence-electron chi connectivity index (χ4n) is 5.52. The van der Waals surface area contributed by atoms with E-state index in [4.69, 9.17) is 11.6 Å². The molecule has 10 nitrogen and oxygen atoms in total. The van der Waals surface area contributed by atoms with E-state index in [1.165, 1.54) is 10.6 Å². The number of hydrogen-bond acceptors (Lipinski definition) is 7. The predicted molar refractivity (Wildman–Crippen MR) is 158 cm³/mol. The zero-order chi connectivity index (χ0) is 30.5. The van der Waals surface area contributed by atoms with E-state index in [0.717, 1.165) is 9.80 Å². The van der Waals surface area contributed by atoms with Gasteiger partial charge in [-0.1, -0.05) is 66.2 Å². The fraction of sp³-hybridized carbons (Fsp3) is 0.0606. The van der Waals surface area contributed by atoms with Gasteiger partial charge in [0.2, 0.25) is 0 Å². The summed E-state index contributed by atoms with van der Waals surface area (Å²) in [5.41, 5.74) is 1.94. The molecular formula is C33H20ClN5O5. The van der Waals surface area contributed by atoms with E-state index in [2.05, 4.69) is 10.2 Å². The number of carbonyl (C=O) groups excluding carboxylic acids is 5. The van der Waals surface area contributed by atoms with Crippen molar-refractivity contribution in [3.63, 3.8) is 0 Å². The molecule has 0 saturated heterocycles. The first-order chi connectivity index (χ1) is 21.3. The number of ketones is 1. The summed E-state index contributed by atoms with van der Waals surface area (Å²) in [4.78, 5) is 68.8. The fourth-order valence-corrected chi connectivity index (χ4v) is 5.69. The van der Waals surface area contributed by atoms with Crippen LogP contribution in [0.1, 0.15) is 69.0 Å². The quantitative estimate of drug-likeness (QED) is 0.195. The van der Waals surface area contributed by atoms with Crippen LogP contribution in [-0.2, 0) is 13.1 Å². The monoisotopic (exact) mass is 601 g/mol. The van der Waals surface area contributed by atoms with Gasteiger partial charge in [-0.25, -0.2) is 0 Å². The van der Waals surface area contributed by atoms with Gasteiger partial charge in [-0.2, -0.15) is 0 Å². The molecule has 0 atom stereocenters. The molecule has 5 aromatic rings. The van der Waals surface area contributed by atoms with Gasteiger partial charge in [-0.05, 0) is 42.5 Å². The van der Waals surface area contributed by atoms with E-state index in [0.29, 0.717) is 16.3 Å². The molecule has 0 fully saturated rings. The molecule has 0 spiro atoms. The Hall–Kier alpha value is -5.74. The average Bonchev–Trinajstić information content (AvgIpc) is 3.64. The molecule has 11 heteroatoms. The summed E-state index contributed by atoms with van der Waals surface area (Å²) in [6, 6.07) is 26.2. The Morgan fingerprint density at radius 3 is 1.48 bits per heavy atom. The van der Waals surface area contributed by atoms with Gasteiger partial charge in [0, 0.05) is 16.1 Å². The van der Waals surface area contributed by atoms with Crippen molar-refractivity contribution in [3.05, 3.63) is 147 Å². The molecule has 3 heterocycles. The zero-order valence-electron chi connectivity index (χ0n) is 22.8. The highest BCUT2D eigenvalue weighted by Gasteiger charge is 2.39. The summed E-state index contributed by atoms with van der Waals surface area (Å²) in [5, 5.41) is 8.89. The molecule has 0 N–H and O–H groups in total. The number of hydrogen-bond donors (Lipinski definition) is 0. The van der Waals surface area contributed by atoms with E-state index in [9.17, 15) is 24.0 Å². The number of aromatic nitrogens is 3. The Labute approximate surface area is 255 Å². The van der Waals surface area contributed by atoms with Crippen LogP contribution in [0.15, 0.2) is 97.1 Å². The van der Waals surface area contributed by atoms with Crippen molar-refractivity contribution in [2.45, 2.75) is 13.1 Å². The van der Waals surface area contributed by atoms with E-state index < -0.39 is 23.6 Å². The first-order valence-electron chi connectivity index (χ1n) is 13.6. The molecule has 2 aliphatic rings. The lowest BCUT2D eigenvalue weighted by Crippen LogP contribution is -2.32. The van der Waals surface area contributed by atoms with Crippen LogP contribution in [0.3, 0.4) is 0 Å². The minimum Gasteiger partial charge on any atom is -0.289 e. The molecule has 4 aromatic carbocycles. The van der Waals surface area contributed by atoms with Crippen molar-refractivity contribution >= 4 is 41.0 Å². The van der Waals surface area contributed by atoms with Crippen LogP contribution in [0.25, 0.3) is 5.69 Å². The van der Waals surface area contributed by atoms with Crippen LogP contribution in [0.4, 0.5) is 0 Å². The van der Waals surface area contributed by atoms with Crippen molar-refractivity contribution in [2.24, 2.45) is 0 Å². The average molecular weight is 602 g/mol. The largest absolute Gasteiger partial charge is 0.289 e. The molecule has 214 valence electrons. The minimum atomic E-state index is -0.501. The summed E-state index contributed by atoms with van der Waals surface area (Å²) < 4.78 is 1.50. The SMILES string of the molecule is O=C(c1ccccc1)c1cc(Cl)ccc1-n1c(CN2C(=O)c3ccccc3C2=O)nnc1CN1C(=O)c2ccccc2C1=O. The molecule has 0 unspecified atom stereocenters.